The molecule has 0 aliphatic carbocycles. The lowest BCUT2D eigenvalue weighted by Gasteiger charge is -2.14. The highest BCUT2D eigenvalue weighted by Crippen LogP contribution is 2.26. The Kier molecular flexibility index (Phi) is 3.62. The van der Waals surface area contributed by atoms with Crippen LogP contribution in [0.25, 0.3) is 0 Å². The topological polar surface area (TPSA) is 117 Å². The van der Waals surface area contributed by atoms with Crippen LogP contribution in [0.3, 0.4) is 0 Å². The van der Waals surface area contributed by atoms with Gasteiger partial charge in [-0.15, -0.1) is 0 Å². The molecule has 0 amide bonds. The van der Waals surface area contributed by atoms with E-state index in [9.17, 15) is 9.59 Å². The maximum Gasteiger partial charge on any atom is 0.330 e. The largest absolute Gasteiger partial charge is 0.394 e. The number of aliphatic hydroxyl groups excluding tert-OH is 1. The molecule has 1 aliphatic rings. The molecule has 18 heavy (non-hydrogen) atoms. The van der Waals surface area contributed by atoms with Crippen LogP contribution in [0.4, 0.5) is 0 Å². The average Bonchev–Trinajstić information content (AvgIpc) is 2.76. The van der Waals surface area contributed by atoms with Crippen molar-refractivity contribution in [3.8, 4) is 0 Å². The number of rotatable bonds is 3. The number of nitrogens with one attached hydrogen (secondary N) is 2. The van der Waals surface area contributed by atoms with Crippen LogP contribution in [0.5, 0.6) is 0 Å². The van der Waals surface area contributed by atoms with Gasteiger partial charge in [0.05, 0.1) is 12.6 Å². The van der Waals surface area contributed by atoms with Gasteiger partial charge in [0, 0.05) is 18.2 Å². The van der Waals surface area contributed by atoms with Crippen LogP contribution in [0.2, 0.25) is 0 Å². The molecule has 4 N–H and O–H groups in total. The molecule has 0 bridgehead atoms. The molecular weight excluding hydrogens is 242 g/mol. The summed E-state index contributed by atoms with van der Waals surface area (Å²) >= 11 is 0. The molecule has 0 unspecified atom stereocenters. The van der Waals surface area contributed by atoms with Crippen LogP contribution in [0.1, 0.15) is 18.2 Å². The number of nitrogens with zero attached hydrogens (tertiary/aromatic N) is 1. The van der Waals surface area contributed by atoms with Gasteiger partial charge >= 0.3 is 5.69 Å². The number of hydrogen-bond acceptors (Lipinski definition) is 6. The maximum atomic E-state index is 11.7. The molecule has 8 heteroatoms. The van der Waals surface area contributed by atoms with Gasteiger partial charge in [0.2, 0.25) is 0 Å². The third kappa shape index (κ3) is 2.23. The molecule has 0 saturated carbocycles. The minimum atomic E-state index is -0.630. The Morgan fingerprint density at radius 3 is 2.89 bits per heavy atom. The SMILES string of the molecule is Cc1cn([C@H]2C[C@@H](NO)[C@@H](CO)O2)c(=O)[nH]c1=O. The van der Waals surface area contributed by atoms with E-state index in [0.29, 0.717) is 12.0 Å². The minimum Gasteiger partial charge on any atom is -0.394 e. The maximum absolute atomic E-state index is 11.7. The Bertz CT molecular complexity index is 525. The van der Waals surface area contributed by atoms with Crippen molar-refractivity contribution in [2.75, 3.05) is 6.61 Å². The van der Waals surface area contributed by atoms with Crippen LogP contribution in [-0.4, -0.2) is 38.6 Å². The van der Waals surface area contributed by atoms with Gasteiger partial charge in [-0.3, -0.25) is 14.3 Å². The van der Waals surface area contributed by atoms with E-state index in [2.05, 4.69) is 4.98 Å². The lowest BCUT2D eigenvalue weighted by molar-refractivity contribution is -0.0379. The summed E-state index contributed by atoms with van der Waals surface area (Å²) in [6, 6.07) is -0.459. The van der Waals surface area contributed by atoms with Gasteiger partial charge in [0.1, 0.15) is 12.3 Å². The molecule has 1 aromatic rings. The van der Waals surface area contributed by atoms with Crippen molar-refractivity contribution in [2.45, 2.75) is 31.7 Å². The van der Waals surface area contributed by atoms with E-state index >= 15 is 0 Å². The number of aromatic nitrogens is 2. The molecule has 0 aromatic carbocycles. The van der Waals surface area contributed by atoms with Crippen molar-refractivity contribution in [1.82, 2.24) is 15.0 Å². The number of hydroxylamine groups is 1. The quantitative estimate of drug-likeness (QED) is 0.488. The average molecular weight is 257 g/mol. The summed E-state index contributed by atoms with van der Waals surface area (Å²) in [6.07, 6.45) is 0.488. The van der Waals surface area contributed by atoms with Crippen molar-refractivity contribution in [3.63, 3.8) is 0 Å². The van der Waals surface area contributed by atoms with Crippen LogP contribution in [-0.2, 0) is 4.74 Å². The van der Waals surface area contributed by atoms with Gasteiger partial charge < -0.3 is 15.1 Å². The Morgan fingerprint density at radius 2 is 2.33 bits per heavy atom. The predicted octanol–water partition coefficient (Wildman–Crippen LogP) is -1.53. The first-order chi connectivity index (χ1) is 8.56. The lowest BCUT2D eigenvalue weighted by atomic mass is 10.1. The van der Waals surface area contributed by atoms with Crippen LogP contribution in [0, 0.1) is 6.92 Å². The molecule has 2 rings (SSSR count). The highest BCUT2D eigenvalue weighted by Gasteiger charge is 2.36. The number of aromatic amines is 1. The molecule has 0 spiro atoms. The molecular formula is C10H15N3O5. The van der Waals surface area contributed by atoms with Crippen molar-refractivity contribution in [3.05, 3.63) is 32.6 Å². The second kappa shape index (κ2) is 5.02. The zero-order valence-corrected chi connectivity index (χ0v) is 9.79. The Morgan fingerprint density at radius 1 is 1.61 bits per heavy atom. The van der Waals surface area contributed by atoms with E-state index in [0.717, 1.165) is 0 Å². The number of hydrogen-bond donors (Lipinski definition) is 4. The molecule has 2 heterocycles. The van der Waals surface area contributed by atoms with Crippen LogP contribution in [0.15, 0.2) is 15.8 Å². The van der Waals surface area contributed by atoms with E-state index in [1.807, 2.05) is 5.48 Å². The van der Waals surface area contributed by atoms with Crippen molar-refractivity contribution >= 4 is 0 Å². The molecule has 1 saturated heterocycles. The molecule has 1 fully saturated rings. The standard InChI is InChI=1S/C10H15N3O5/c1-5-3-13(10(16)11-9(5)15)8-2-6(12-17)7(4-14)18-8/h3,6-8,12,14,17H,2,4H2,1H3,(H,11,15,16)/t6-,7-,8-/m1/s1. The monoisotopic (exact) mass is 257 g/mol. The number of ether oxygens (including phenoxy) is 1. The third-order valence-corrected chi connectivity index (χ3v) is 3.04. The van der Waals surface area contributed by atoms with Crippen LogP contribution < -0.4 is 16.7 Å². The van der Waals surface area contributed by atoms with Gasteiger partial charge in [-0.2, -0.15) is 5.48 Å². The summed E-state index contributed by atoms with van der Waals surface area (Å²) in [6.45, 7) is 1.31. The summed E-state index contributed by atoms with van der Waals surface area (Å²) in [5.74, 6) is 0. The fraction of sp³-hybridized carbons (Fsp3) is 0.600. The van der Waals surface area contributed by atoms with Crippen molar-refractivity contribution in [2.24, 2.45) is 0 Å². The van der Waals surface area contributed by atoms with Crippen LogP contribution >= 0.6 is 0 Å². The molecule has 8 nitrogen and oxygen atoms in total. The van der Waals surface area contributed by atoms with E-state index in [1.54, 1.807) is 6.92 Å². The number of H-pyrrole nitrogens is 1. The van der Waals surface area contributed by atoms with Gasteiger partial charge in [-0.05, 0) is 6.92 Å². The summed E-state index contributed by atoms with van der Waals surface area (Å²) in [4.78, 5) is 25.1. The Balaban J connectivity index is 2.31. The zero-order valence-electron chi connectivity index (χ0n) is 9.79. The first-order valence-corrected chi connectivity index (χ1v) is 5.54. The highest BCUT2D eigenvalue weighted by atomic mass is 16.5. The summed E-state index contributed by atoms with van der Waals surface area (Å²) in [5, 5.41) is 18.0. The van der Waals surface area contributed by atoms with E-state index < -0.39 is 29.6 Å². The lowest BCUT2D eigenvalue weighted by Crippen LogP contribution is -2.36. The van der Waals surface area contributed by atoms with E-state index in [1.165, 1.54) is 10.8 Å². The minimum absolute atomic E-state index is 0.272. The normalized spacial score (nSPS) is 27.6. The summed E-state index contributed by atoms with van der Waals surface area (Å²) in [5.41, 5.74) is 1.41. The molecule has 3 atom stereocenters. The van der Waals surface area contributed by atoms with E-state index in [-0.39, 0.29) is 6.61 Å². The number of aliphatic hydroxyl groups is 1. The molecule has 1 aliphatic heterocycles. The van der Waals surface area contributed by atoms with Crippen molar-refractivity contribution < 1.29 is 15.1 Å². The predicted molar refractivity (Wildman–Crippen MR) is 60.4 cm³/mol. The fourth-order valence-electron chi connectivity index (χ4n) is 2.01. The van der Waals surface area contributed by atoms with Gasteiger partial charge in [-0.25, -0.2) is 4.79 Å². The number of aryl methyl sites for hydroxylation is 1. The second-order valence-corrected chi connectivity index (χ2v) is 4.26. The fourth-order valence-corrected chi connectivity index (χ4v) is 2.01. The molecule has 100 valence electrons. The highest BCUT2D eigenvalue weighted by molar-refractivity contribution is 5.02. The van der Waals surface area contributed by atoms with Gasteiger partial charge in [-0.1, -0.05) is 0 Å². The molecule has 1 aromatic heterocycles. The summed E-state index contributed by atoms with van der Waals surface area (Å²) < 4.78 is 6.69. The van der Waals surface area contributed by atoms with Gasteiger partial charge in [0.25, 0.3) is 5.56 Å². The Labute approximate surface area is 102 Å². The zero-order chi connectivity index (χ0) is 13.3. The smallest absolute Gasteiger partial charge is 0.330 e. The van der Waals surface area contributed by atoms with E-state index in [4.69, 9.17) is 15.1 Å². The van der Waals surface area contributed by atoms with Crippen molar-refractivity contribution in [1.29, 1.82) is 0 Å². The van der Waals surface area contributed by atoms with Gasteiger partial charge in [0.15, 0.2) is 0 Å². The first kappa shape index (κ1) is 13.0. The molecule has 0 radical (unpaired) electrons. The Hall–Kier alpha value is -1.48. The third-order valence-electron chi connectivity index (χ3n) is 3.04. The first-order valence-electron chi connectivity index (χ1n) is 5.54. The summed E-state index contributed by atoms with van der Waals surface area (Å²) in [7, 11) is 0. The second-order valence-electron chi connectivity index (χ2n) is 4.26.